The highest BCUT2D eigenvalue weighted by molar-refractivity contribution is 7.17. The summed E-state index contributed by atoms with van der Waals surface area (Å²) in [5.74, 6) is -0.267. The van der Waals surface area contributed by atoms with Crippen molar-refractivity contribution in [1.29, 1.82) is 0 Å². The predicted octanol–water partition coefficient (Wildman–Crippen LogP) is 2.10. The number of hydrogen-bond acceptors (Lipinski definition) is 5. The van der Waals surface area contributed by atoms with Gasteiger partial charge >= 0.3 is 5.76 Å². The number of carbonyl (C=O) groups is 1. The minimum absolute atomic E-state index is 0.0375. The quantitative estimate of drug-likeness (QED) is 0.920. The second-order valence-corrected chi connectivity index (χ2v) is 6.36. The molecule has 0 spiro atoms. The highest BCUT2D eigenvalue weighted by atomic mass is 35.5. The van der Waals surface area contributed by atoms with Gasteiger partial charge in [-0.1, -0.05) is 11.6 Å². The highest BCUT2D eigenvalue weighted by Crippen LogP contribution is 2.28. The number of rotatable bonds is 2. The fraction of sp³-hybridized carbons (Fsp3) is 0.417. The lowest BCUT2D eigenvalue weighted by Gasteiger charge is -2.30. The van der Waals surface area contributed by atoms with Crippen molar-refractivity contribution in [2.24, 2.45) is 0 Å². The fourth-order valence-electron chi connectivity index (χ4n) is 2.36. The maximum atomic E-state index is 12.4. The fourth-order valence-corrected chi connectivity index (χ4v) is 3.38. The van der Waals surface area contributed by atoms with Crippen LogP contribution in [0.2, 0.25) is 4.34 Å². The molecular formula is C12H12ClN3O3S. The Morgan fingerprint density at radius 2 is 2.40 bits per heavy atom. The molecule has 0 bridgehead atoms. The number of amides is 1. The molecule has 1 aliphatic heterocycles. The minimum atomic E-state index is -0.562. The third-order valence-electron chi connectivity index (χ3n) is 3.30. The molecule has 0 radical (unpaired) electrons. The Bertz CT molecular complexity index is 677. The van der Waals surface area contributed by atoms with E-state index in [0.29, 0.717) is 28.2 Å². The van der Waals surface area contributed by atoms with Crippen molar-refractivity contribution in [3.63, 3.8) is 0 Å². The molecule has 3 rings (SSSR count). The van der Waals surface area contributed by atoms with Crippen LogP contribution < -0.4 is 5.76 Å². The molecule has 1 saturated heterocycles. The van der Waals surface area contributed by atoms with Crippen molar-refractivity contribution in [3.8, 4) is 0 Å². The zero-order chi connectivity index (χ0) is 14.1. The van der Waals surface area contributed by atoms with Crippen LogP contribution in [0.3, 0.4) is 0 Å². The number of halogens is 1. The van der Waals surface area contributed by atoms with E-state index in [2.05, 4.69) is 10.2 Å². The maximum absolute atomic E-state index is 12.4. The van der Waals surface area contributed by atoms with Crippen LogP contribution in [0.15, 0.2) is 21.3 Å². The van der Waals surface area contributed by atoms with Crippen molar-refractivity contribution >= 4 is 28.8 Å². The lowest BCUT2D eigenvalue weighted by molar-refractivity contribution is 0.0702. The smallest absolute Gasteiger partial charge is 0.392 e. The van der Waals surface area contributed by atoms with Crippen molar-refractivity contribution in [2.45, 2.75) is 18.8 Å². The van der Waals surface area contributed by atoms with E-state index in [9.17, 15) is 9.59 Å². The molecule has 2 aromatic heterocycles. The van der Waals surface area contributed by atoms with E-state index in [1.807, 2.05) is 0 Å². The van der Waals surface area contributed by atoms with Crippen molar-refractivity contribution in [1.82, 2.24) is 15.1 Å². The van der Waals surface area contributed by atoms with Gasteiger partial charge in [0.25, 0.3) is 5.91 Å². The van der Waals surface area contributed by atoms with Crippen molar-refractivity contribution in [2.75, 3.05) is 13.1 Å². The summed E-state index contributed by atoms with van der Waals surface area (Å²) < 4.78 is 5.58. The van der Waals surface area contributed by atoms with Gasteiger partial charge in [0, 0.05) is 13.1 Å². The molecule has 8 heteroatoms. The third kappa shape index (κ3) is 2.64. The molecule has 1 amide bonds. The highest BCUT2D eigenvalue weighted by Gasteiger charge is 2.29. The number of hydrogen-bond donors (Lipinski definition) is 1. The van der Waals surface area contributed by atoms with Gasteiger partial charge in [-0.3, -0.25) is 4.79 Å². The molecule has 1 N–H and O–H groups in total. The van der Waals surface area contributed by atoms with E-state index < -0.39 is 5.76 Å². The first-order valence-electron chi connectivity index (χ1n) is 6.23. The second-order valence-electron chi connectivity index (χ2n) is 4.65. The molecule has 1 aliphatic rings. The van der Waals surface area contributed by atoms with Crippen LogP contribution in [-0.4, -0.2) is 34.1 Å². The summed E-state index contributed by atoms with van der Waals surface area (Å²) in [4.78, 5) is 25.7. The molecule has 3 heterocycles. The van der Waals surface area contributed by atoms with Crippen LogP contribution in [0.1, 0.15) is 34.3 Å². The van der Waals surface area contributed by atoms with Crippen molar-refractivity contribution < 1.29 is 9.21 Å². The Hall–Kier alpha value is -1.60. The van der Waals surface area contributed by atoms with Crippen molar-refractivity contribution in [3.05, 3.63) is 37.8 Å². The topological polar surface area (TPSA) is 79.2 Å². The number of H-pyrrole nitrogens is 1. The largest absolute Gasteiger partial charge is 0.434 e. The molecule has 0 aromatic carbocycles. The van der Waals surface area contributed by atoms with Crippen LogP contribution in [0, 0.1) is 0 Å². The first-order valence-corrected chi connectivity index (χ1v) is 7.43. The van der Waals surface area contributed by atoms with Gasteiger partial charge < -0.3 is 9.32 Å². The number of nitrogens with zero attached hydrogens (tertiary/aromatic N) is 2. The van der Waals surface area contributed by atoms with Crippen LogP contribution in [0.5, 0.6) is 0 Å². The monoisotopic (exact) mass is 313 g/mol. The zero-order valence-corrected chi connectivity index (χ0v) is 12.0. The van der Waals surface area contributed by atoms with E-state index in [-0.39, 0.29) is 11.8 Å². The van der Waals surface area contributed by atoms with E-state index >= 15 is 0 Å². The van der Waals surface area contributed by atoms with Gasteiger partial charge in [-0.2, -0.15) is 0 Å². The number of piperidine rings is 1. The average Bonchev–Trinajstić information content (AvgIpc) is 3.07. The number of thiophene rings is 1. The van der Waals surface area contributed by atoms with Crippen LogP contribution in [0.4, 0.5) is 0 Å². The van der Waals surface area contributed by atoms with E-state index in [4.69, 9.17) is 16.0 Å². The Balaban J connectivity index is 1.75. The SMILES string of the molecule is O=C(c1ccc(Cl)s1)N1CCCC(c2n[nH]c(=O)o2)C1. The second kappa shape index (κ2) is 5.41. The van der Waals surface area contributed by atoms with Gasteiger partial charge in [0.1, 0.15) is 0 Å². The summed E-state index contributed by atoms with van der Waals surface area (Å²) in [5, 5.41) is 6.10. The molecule has 6 nitrogen and oxygen atoms in total. The summed E-state index contributed by atoms with van der Waals surface area (Å²) in [6, 6.07) is 3.45. The van der Waals surface area contributed by atoms with E-state index in [0.717, 1.165) is 12.8 Å². The lowest BCUT2D eigenvalue weighted by atomic mass is 9.98. The number of nitrogens with one attached hydrogen (secondary N) is 1. The number of carbonyl (C=O) groups excluding carboxylic acids is 1. The minimum Gasteiger partial charge on any atom is -0.392 e. The molecule has 1 atom stereocenters. The predicted molar refractivity (Wildman–Crippen MR) is 74.3 cm³/mol. The van der Waals surface area contributed by atoms with Gasteiger partial charge in [-0.15, -0.1) is 16.4 Å². The standard InChI is InChI=1S/C12H12ClN3O3S/c13-9-4-3-8(20-9)11(17)16-5-1-2-7(6-16)10-14-15-12(18)19-10/h3-4,7H,1-2,5-6H2,(H,15,18). The van der Waals surface area contributed by atoms with Crippen LogP contribution >= 0.6 is 22.9 Å². The van der Waals surface area contributed by atoms with Gasteiger partial charge in [-0.05, 0) is 25.0 Å². The maximum Gasteiger partial charge on any atom is 0.434 e. The molecule has 1 fully saturated rings. The lowest BCUT2D eigenvalue weighted by Crippen LogP contribution is -2.38. The molecule has 2 aromatic rings. The molecule has 0 aliphatic carbocycles. The summed E-state index contributed by atoms with van der Waals surface area (Å²) in [5.41, 5.74) is 0. The molecule has 1 unspecified atom stereocenters. The average molecular weight is 314 g/mol. The van der Waals surface area contributed by atoms with Gasteiger partial charge in [-0.25, -0.2) is 9.89 Å². The Labute approximate surface area is 123 Å². The molecule has 20 heavy (non-hydrogen) atoms. The molecule has 0 saturated carbocycles. The first-order chi connectivity index (χ1) is 9.63. The van der Waals surface area contributed by atoms with Gasteiger partial charge in [0.05, 0.1) is 15.1 Å². The Morgan fingerprint density at radius 1 is 1.55 bits per heavy atom. The summed E-state index contributed by atoms with van der Waals surface area (Å²) in [6.45, 7) is 1.20. The number of aromatic nitrogens is 2. The molecular weight excluding hydrogens is 302 g/mol. The Morgan fingerprint density at radius 3 is 3.05 bits per heavy atom. The number of likely N-dealkylation sites (tertiary alicyclic amines) is 1. The normalized spacial score (nSPS) is 19.2. The summed E-state index contributed by atoms with van der Waals surface area (Å²) in [7, 11) is 0. The molecule has 106 valence electrons. The Kier molecular flexibility index (Phi) is 3.62. The van der Waals surface area contributed by atoms with Crippen LogP contribution in [-0.2, 0) is 0 Å². The summed E-state index contributed by atoms with van der Waals surface area (Å²) >= 11 is 7.12. The summed E-state index contributed by atoms with van der Waals surface area (Å²) in [6.07, 6.45) is 1.70. The van der Waals surface area contributed by atoms with E-state index in [1.165, 1.54) is 11.3 Å². The zero-order valence-electron chi connectivity index (χ0n) is 10.5. The van der Waals surface area contributed by atoms with Gasteiger partial charge in [0.2, 0.25) is 5.89 Å². The van der Waals surface area contributed by atoms with Crippen LogP contribution in [0.25, 0.3) is 0 Å². The van der Waals surface area contributed by atoms with Gasteiger partial charge in [0.15, 0.2) is 0 Å². The van der Waals surface area contributed by atoms with E-state index in [1.54, 1.807) is 17.0 Å². The number of aromatic amines is 1. The third-order valence-corrected chi connectivity index (χ3v) is 4.52. The first kappa shape index (κ1) is 13.4.